The zero-order valence-electron chi connectivity index (χ0n) is 14.8. The van der Waals surface area contributed by atoms with E-state index in [4.69, 9.17) is 0 Å². The van der Waals surface area contributed by atoms with Crippen LogP contribution in [0.2, 0.25) is 0 Å². The molecule has 126 valence electrons. The van der Waals surface area contributed by atoms with E-state index in [0.29, 0.717) is 0 Å². The number of aryl methyl sites for hydroxylation is 1. The van der Waals surface area contributed by atoms with Crippen LogP contribution in [-0.2, 0) is 0 Å². The van der Waals surface area contributed by atoms with Crippen molar-refractivity contribution in [2.75, 3.05) is 25.1 Å². The van der Waals surface area contributed by atoms with Gasteiger partial charge in [-0.2, -0.15) is 5.10 Å². The van der Waals surface area contributed by atoms with E-state index in [0.717, 1.165) is 16.8 Å². The first-order valence-corrected chi connectivity index (χ1v) is 8.38. The Labute approximate surface area is 146 Å². The molecule has 0 aromatic heterocycles. The van der Waals surface area contributed by atoms with Crippen LogP contribution in [0, 0.1) is 6.92 Å². The van der Waals surface area contributed by atoms with Crippen LogP contribution in [0.1, 0.15) is 18.4 Å². The molecule has 0 atom stereocenters. The minimum absolute atomic E-state index is 0.924. The van der Waals surface area contributed by atoms with Gasteiger partial charge in [0, 0.05) is 6.20 Å². The Balaban J connectivity index is 0.000000292. The summed E-state index contributed by atoms with van der Waals surface area (Å²) >= 11 is 0. The molecule has 0 saturated carbocycles. The van der Waals surface area contributed by atoms with Crippen LogP contribution in [0.15, 0.2) is 78.1 Å². The normalized spacial score (nSPS) is 22.5. The zero-order valence-corrected chi connectivity index (χ0v) is 14.8. The Morgan fingerprint density at radius 2 is 1.79 bits per heavy atom. The quantitative estimate of drug-likeness (QED) is 0.786. The van der Waals surface area contributed by atoms with Crippen molar-refractivity contribution in [1.82, 2.24) is 4.90 Å². The van der Waals surface area contributed by atoms with Crippen LogP contribution in [0.25, 0.3) is 0 Å². The molecule has 2 aliphatic rings. The third-order valence-electron chi connectivity index (χ3n) is 3.98. The fourth-order valence-electron chi connectivity index (χ4n) is 2.47. The van der Waals surface area contributed by atoms with Gasteiger partial charge in [0.15, 0.2) is 0 Å². The molecule has 2 heterocycles. The fraction of sp³-hybridized carbons (Fsp3) is 0.286. The highest BCUT2D eigenvalue weighted by Gasteiger charge is 2.03. The van der Waals surface area contributed by atoms with E-state index in [9.17, 15) is 0 Å². The van der Waals surface area contributed by atoms with Gasteiger partial charge in [0.25, 0.3) is 0 Å². The summed E-state index contributed by atoms with van der Waals surface area (Å²) in [6.07, 6.45) is 12.1. The van der Waals surface area contributed by atoms with Crippen molar-refractivity contribution >= 4 is 11.9 Å². The standard InChI is InChI=1S/C16H16N2.C5H11N/c1-4-15-11-14(3)9-10-18(17-12-15)16-7-5-13(2)6-8-16;1-6-4-2-3-5-6/h4-12H,1,3H2,2H3;2-5H2,1H3/b10-9-,15-11-,17-12-;. The summed E-state index contributed by atoms with van der Waals surface area (Å²) in [6.45, 7) is 12.4. The Bertz CT molecular complexity index is 644. The number of hydrazone groups is 1. The number of nitrogens with zero attached hydrogens (tertiary/aromatic N) is 3. The van der Waals surface area contributed by atoms with Crippen molar-refractivity contribution in [2.45, 2.75) is 19.8 Å². The van der Waals surface area contributed by atoms with Gasteiger partial charge in [0.1, 0.15) is 0 Å². The van der Waals surface area contributed by atoms with Gasteiger partial charge in [-0.05, 0) is 75.3 Å². The highest BCUT2D eigenvalue weighted by atomic mass is 15.4. The van der Waals surface area contributed by atoms with Gasteiger partial charge in [-0.25, -0.2) is 5.01 Å². The Kier molecular flexibility index (Phi) is 6.76. The summed E-state index contributed by atoms with van der Waals surface area (Å²) < 4.78 is 0. The molecule has 0 unspecified atom stereocenters. The number of anilines is 1. The first-order valence-electron chi connectivity index (χ1n) is 8.38. The van der Waals surface area contributed by atoms with Gasteiger partial charge < -0.3 is 4.90 Å². The number of allylic oxidation sites excluding steroid dienone is 5. The molecule has 0 amide bonds. The lowest BCUT2D eigenvalue weighted by atomic mass is 10.1. The SMILES string of the molecule is C=CC1=C/C(=C)/C=C\N(c2ccc(C)cc2)/N=C\1.CN1CCCC1. The number of rotatable bonds is 2. The molecule has 0 radical (unpaired) electrons. The Morgan fingerprint density at radius 1 is 1.12 bits per heavy atom. The number of likely N-dealkylation sites (tertiary alicyclic amines) is 1. The van der Waals surface area contributed by atoms with Gasteiger partial charge in [0.05, 0.1) is 11.9 Å². The molecule has 1 aromatic carbocycles. The van der Waals surface area contributed by atoms with E-state index >= 15 is 0 Å². The van der Waals surface area contributed by atoms with Gasteiger partial charge >= 0.3 is 0 Å². The molecular formula is C21H27N3. The van der Waals surface area contributed by atoms with Crippen molar-refractivity contribution in [1.29, 1.82) is 0 Å². The highest BCUT2D eigenvalue weighted by molar-refractivity contribution is 5.84. The predicted molar refractivity (Wildman–Crippen MR) is 105 cm³/mol. The molecule has 1 fully saturated rings. The third-order valence-corrected chi connectivity index (χ3v) is 3.98. The molecule has 1 saturated heterocycles. The average molecular weight is 321 g/mol. The molecule has 24 heavy (non-hydrogen) atoms. The minimum atomic E-state index is 0.924. The van der Waals surface area contributed by atoms with Crippen LogP contribution >= 0.6 is 0 Å². The molecular weight excluding hydrogens is 294 g/mol. The molecule has 0 bridgehead atoms. The first-order chi connectivity index (χ1) is 11.6. The predicted octanol–water partition coefficient (Wildman–Crippen LogP) is 4.70. The number of hydrogen-bond acceptors (Lipinski definition) is 3. The first kappa shape index (κ1) is 18.0. The van der Waals surface area contributed by atoms with Crippen LogP contribution in [0.4, 0.5) is 5.69 Å². The second kappa shape index (κ2) is 9.04. The van der Waals surface area contributed by atoms with E-state index in [1.807, 2.05) is 35.5 Å². The van der Waals surface area contributed by atoms with E-state index < -0.39 is 0 Å². The van der Waals surface area contributed by atoms with Gasteiger partial charge in [-0.3, -0.25) is 0 Å². The summed E-state index contributed by atoms with van der Waals surface area (Å²) in [5.74, 6) is 0. The monoisotopic (exact) mass is 321 g/mol. The molecule has 0 spiro atoms. The zero-order chi connectivity index (χ0) is 17.4. The third kappa shape index (κ3) is 5.67. The van der Waals surface area contributed by atoms with Crippen molar-refractivity contribution < 1.29 is 0 Å². The smallest absolute Gasteiger partial charge is 0.0645 e. The van der Waals surface area contributed by atoms with Crippen LogP contribution in [-0.4, -0.2) is 31.3 Å². The van der Waals surface area contributed by atoms with Crippen LogP contribution in [0.5, 0.6) is 0 Å². The lowest BCUT2D eigenvalue weighted by Gasteiger charge is -2.16. The van der Waals surface area contributed by atoms with Crippen molar-refractivity contribution in [3.8, 4) is 0 Å². The summed E-state index contributed by atoms with van der Waals surface area (Å²) in [5.41, 5.74) is 4.12. The Morgan fingerprint density at radius 3 is 2.33 bits per heavy atom. The number of benzene rings is 1. The summed E-state index contributed by atoms with van der Waals surface area (Å²) in [4.78, 5) is 2.36. The maximum absolute atomic E-state index is 4.41. The van der Waals surface area contributed by atoms with Crippen LogP contribution < -0.4 is 5.01 Å². The maximum Gasteiger partial charge on any atom is 0.0645 e. The van der Waals surface area contributed by atoms with E-state index in [1.165, 1.54) is 31.5 Å². The lowest BCUT2D eigenvalue weighted by Crippen LogP contribution is -2.10. The molecule has 3 nitrogen and oxygen atoms in total. The summed E-state index contributed by atoms with van der Waals surface area (Å²) in [7, 11) is 2.17. The fourth-order valence-corrected chi connectivity index (χ4v) is 2.47. The lowest BCUT2D eigenvalue weighted by molar-refractivity contribution is 0.418. The molecule has 0 aliphatic carbocycles. The average Bonchev–Trinajstić information content (AvgIpc) is 3.04. The summed E-state index contributed by atoms with van der Waals surface area (Å²) in [5, 5.41) is 6.23. The highest BCUT2D eigenvalue weighted by Crippen LogP contribution is 2.18. The van der Waals surface area contributed by atoms with Gasteiger partial charge in [0.2, 0.25) is 0 Å². The van der Waals surface area contributed by atoms with Crippen molar-refractivity contribution in [3.63, 3.8) is 0 Å². The molecule has 0 N–H and O–H groups in total. The van der Waals surface area contributed by atoms with Crippen LogP contribution in [0.3, 0.4) is 0 Å². The minimum Gasteiger partial charge on any atom is -0.306 e. The largest absolute Gasteiger partial charge is 0.306 e. The topological polar surface area (TPSA) is 18.8 Å². The second-order valence-electron chi connectivity index (χ2n) is 6.17. The van der Waals surface area contributed by atoms with E-state index in [1.54, 1.807) is 12.3 Å². The molecule has 1 aromatic rings. The maximum atomic E-state index is 4.41. The number of hydrogen-bond donors (Lipinski definition) is 0. The van der Waals surface area contributed by atoms with E-state index in [-0.39, 0.29) is 0 Å². The molecule has 3 rings (SSSR count). The Hall–Kier alpha value is -2.39. The molecule has 3 heteroatoms. The van der Waals surface area contributed by atoms with Gasteiger partial charge in [-0.1, -0.05) is 36.9 Å². The van der Waals surface area contributed by atoms with Gasteiger partial charge in [-0.15, -0.1) is 0 Å². The van der Waals surface area contributed by atoms with Crippen molar-refractivity contribution in [3.05, 3.63) is 78.6 Å². The second-order valence-corrected chi connectivity index (χ2v) is 6.17. The molecule has 2 aliphatic heterocycles. The van der Waals surface area contributed by atoms with Crippen molar-refractivity contribution in [2.24, 2.45) is 5.10 Å². The summed E-state index contributed by atoms with van der Waals surface area (Å²) in [6, 6.07) is 8.21. The van der Waals surface area contributed by atoms with E-state index in [2.05, 4.69) is 49.3 Å².